The van der Waals surface area contributed by atoms with Gasteiger partial charge in [0.05, 0.1) is 19.8 Å². The molecule has 2 aliphatic heterocycles. The van der Waals surface area contributed by atoms with Crippen molar-refractivity contribution in [2.45, 2.75) is 33.4 Å². The van der Waals surface area contributed by atoms with E-state index < -0.39 is 0 Å². The van der Waals surface area contributed by atoms with E-state index in [4.69, 9.17) is 18.9 Å². The van der Waals surface area contributed by atoms with E-state index in [1.165, 1.54) is 11.1 Å². The van der Waals surface area contributed by atoms with Gasteiger partial charge < -0.3 is 24.3 Å². The topological polar surface area (TPSA) is 69.3 Å². The minimum atomic E-state index is 0.00656. The molecule has 4 rings (SSSR count). The fourth-order valence-corrected chi connectivity index (χ4v) is 3.80. The van der Waals surface area contributed by atoms with Crippen LogP contribution in [0.4, 0.5) is 0 Å². The summed E-state index contributed by atoms with van der Waals surface area (Å²) in [7, 11) is 0. The largest absolute Gasteiger partial charge is 0.490 e. The second-order valence-electron chi connectivity index (χ2n) is 7.36. The third-order valence-electron chi connectivity index (χ3n) is 5.25. The molecule has 2 aromatic rings. The number of carbonyl (C=O) groups is 1. The summed E-state index contributed by atoms with van der Waals surface area (Å²) in [4.78, 5) is 14.6. The molecule has 0 saturated heterocycles. The zero-order valence-corrected chi connectivity index (χ0v) is 17.5. The molecule has 0 atom stereocenters. The Morgan fingerprint density at radius 3 is 2.53 bits per heavy atom. The molecule has 0 unspecified atom stereocenters. The lowest BCUT2D eigenvalue weighted by molar-refractivity contribution is -0.122. The number of ether oxygens (including phenoxy) is 4. The van der Waals surface area contributed by atoms with Crippen molar-refractivity contribution in [1.29, 1.82) is 0 Å². The first-order valence-corrected chi connectivity index (χ1v) is 10.4. The van der Waals surface area contributed by atoms with Crippen LogP contribution in [0.3, 0.4) is 0 Å². The number of carbonyl (C=O) groups excluding carboxylic acids is 1. The Bertz CT molecular complexity index is 915. The predicted octanol–water partition coefficient (Wildman–Crippen LogP) is 2.89. The van der Waals surface area contributed by atoms with Gasteiger partial charge in [-0.2, -0.15) is 0 Å². The van der Waals surface area contributed by atoms with Gasteiger partial charge in [-0.25, -0.2) is 0 Å². The van der Waals surface area contributed by atoms with Crippen LogP contribution in [0.2, 0.25) is 0 Å². The Hall–Kier alpha value is -2.93. The van der Waals surface area contributed by atoms with Gasteiger partial charge in [0.1, 0.15) is 0 Å². The molecule has 2 aromatic carbocycles. The standard InChI is InChI=1S/C23H28N2O5/c1-3-27-21-10-17-7-8-25(13-18(17)11-22(21)28-4-2)14-23(26)24-12-16-5-6-19-20(9-16)30-15-29-19/h5-6,9-11H,3-4,7-8,12-15H2,1-2H3,(H,24,26). The van der Waals surface area contributed by atoms with Crippen LogP contribution in [0.1, 0.15) is 30.5 Å². The lowest BCUT2D eigenvalue weighted by Crippen LogP contribution is -2.39. The van der Waals surface area contributed by atoms with E-state index in [9.17, 15) is 4.79 Å². The van der Waals surface area contributed by atoms with Crippen LogP contribution >= 0.6 is 0 Å². The van der Waals surface area contributed by atoms with Crippen molar-refractivity contribution in [3.8, 4) is 23.0 Å². The number of fused-ring (bicyclic) bond motifs is 2. The second-order valence-corrected chi connectivity index (χ2v) is 7.36. The highest BCUT2D eigenvalue weighted by molar-refractivity contribution is 5.78. The van der Waals surface area contributed by atoms with Crippen molar-refractivity contribution < 1.29 is 23.7 Å². The maximum Gasteiger partial charge on any atom is 0.234 e. The van der Waals surface area contributed by atoms with Crippen LogP contribution in [0.15, 0.2) is 30.3 Å². The first kappa shape index (κ1) is 20.3. The SMILES string of the molecule is CCOc1cc2c(cc1OCC)CN(CC(=O)NCc1ccc3c(c1)OCO3)CC2. The second kappa shape index (κ2) is 9.26. The Balaban J connectivity index is 1.34. The molecule has 7 nitrogen and oxygen atoms in total. The van der Waals surface area contributed by atoms with E-state index >= 15 is 0 Å². The molecule has 0 spiro atoms. The summed E-state index contributed by atoms with van der Waals surface area (Å²) in [6.45, 7) is 7.76. The number of nitrogens with zero attached hydrogens (tertiary/aromatic N) is 1. The summed E-state index contributed by atoms with van der Waals surface area (Å²) in [5.74, 6) is 3.05. The number of amides is 1. The van der Waals surface area contributed by atoms with Crippen molar-refractivity contribution >= 4 is 5.91 Å². The number of rotatable bonds is 8. The van der Waals surface area contributed by atoms with Crippen LogP contribution in [0.5, 0.6) is 23.0 Å². The van der Waals surface area contributed by atoms with Gasteiger partial charge >= 0.3 is 0 Å². The van der Waals surface area contributed by atoms with Gasteiger partial charge in [0.15, 0.2) is 23.0 Å². The van der Waals surface area contributed by atoms with Crippen LogP contribution in [-0.2, 0) is 24.3 Å². The van der Waals surface area contributed by atoms with E-state index in [-0.39, 0.29) is 12.7 Å². The molecule has 7 heteroatoms. The maximum atomic E-state index is 12.5. The van der Waals surface area contributed by atoms with Gasteiger partial charge in [-0.05, 0) is 61.2 Å². The van der Waals surface area contributed by atoms with Crippen LogP contribution in [0.25, 0.3) is 0 Å². The Morgan fingerprint density at radius 2 is 1.77 bits per heavy atom. The third kappa shape index (κ3) is 4.62. The Kier molecular flexibility index (Phi) is 6.28. The van der Waals surface area contributed by atoms with Crippen molar-refractivity contribution in [2.75, 3.05) is 33.1 Å². The van der Waals surface area contributed by atoms with E-state index in [1.54, 1.807) is 0 Å². The summed E-state index contributed by atoms with van der Waals surface area (Å²) < 4.78 is 22.2. The highest BCUT2D eigenvalue weighted by Gasteiger charge is 2.21. The molecule has 2 aliphatic rings. The predicted molar refractivity (Wildman–Crippen MR) is 112 cm³/mol. The molecule has 0 bridgehead atoms. The quantitative estimate of drug-likeness (QED) is 0.719. The van der Waals surface area contributed by atoms with Gasteiger partial charge in [-0.3, -0.25) is 9.69 Å². The molecule has 0 fully saturated rings. The number of hydrogen-bond acceptors (Lipinski definition) is 6. The van der Waals surface area contributed by atoms with Crippen LogP contribution in [-0.4, -0.2) is 43.9 Å². The minimum Gasteiger partial charge on any atom is -0.490 e. The molecule has 2 heterocycles. The van der Waals surface area contributed by atoms with Gasteiger partial charge in [0.25, 0.3) is 0 Å². The first-order valence-electron chi connectivity index (χ1n) is 10.4. The average Bonchev–Trinajstić information content (AvgIpc) is 3.21. The fraction of sp³-hybridized carbons (Fsp3) is 0.435. The minimum absolute atomic E-state index is 0.00656. The summed E-state index contributed by atoms with van der Waals surface area (Å²) in [6, 6.07) is 9.86. The first-order chi connectivity index (χ1) is 14.7. The average molecular weight is 412 g/mol. The summed E-state index contributed by atoms with van der Waals surface area (Å²) in [5.41, 5.74) is 3.44. The molecule has 30 heavy (non-hydrogen) atoms. The van der Waals surface area contributed by atoms with Crippen molar-refractivity contribution in [2.24, 2.45) is 0 Å². The smallest absolute Gasteiger partial charge is 0.234 e. The Morgan fingerprint density at radius 1 is 1.03 bits per heavy atom. The van der Waals surface area contributed by atoms with Gasteiger partial charge in [-0.1, -0.05) is 6.07 Å². The monoisotopic (exact) mass is 412 g/mol. The highest BCUT2D eigenvalue weighted by Crippen LogP contribution is 2.34. The lowest BCUT2D eigenvalue weighted by atomic mass is 9.98. The van der Waals surface area contributed by atoms with Crippen molar-refractivity contribution in [3.63, 3.8) is 0 Å². The van der Waals surface area contributed by atoms with Crippen LogP contribution < -0.4 is 24.3 Å². The molecule has 1 amide bonds. The van der Waals surface area contributed by atoms with Gasteiger partial charge in [0, 0.05) is 19.6 Å². The molecular weight excluding hydrogens is 384 g/mol. The normalized spacial score (nSPS) is 14.9. The van der Waals surface area contributed by atoms with Crippen molar-refractivity contribution in [1.82, 2.24) is 10.2 Å². The number of nitrogens with one attached hydrogen (secondary N) is 1. The summed E-state index contributed by atoms with van der Waals surface area (Å²) >= 11 is 0. The zero-order valence-electron chi connectivity index (χ0n) is 17.5. The number of benzene rings is 2. The lowest BCUT2D eigenvalue weighted by Gasteiger charge is -2.29. The van der Waals surface area contributed by atoms with E-state index in [0.29, 0.717) is 26.3 Å². The highest BCUT2D eigenvalue weighted by atomic mass is 16.7. The van der Waals surface area contributed by atoms with E-state index in [0.717, 1.165) is 48.1 Å². The molecule has 0 aromatic heterocycles. The zero-order chi connectivity index (χ0) is 20.9. The van der Waals surface area contributed by atoms with Gasteiger partial charge in [0.2, 0.25) is 12.7 Å². The maximum absolute atomic E-state index is 12.5. The Labute approximate surface area is 176 Å². The van der Waals surface area contributed by atoms with Crippen LogP contribution in [0, 0.1) is 0 Å². The van der Waals surface area contributed by atoms with E-state index in [2.05, 4.69) is 22.3 Å². The molecule has 0 radical (unpaired) electrons. The van der Waals surface area contributed by atoms with E-state index in [1.807, 2.05) is 32.0 Å². The summed E-state index contributed by atoms with van der Waals surface area (Å²) in [6.07, 6.45) is 0.886. The summed E-state index contributed by atoms with van der Waals surface area (Å²) in [5, 5.41) is 3.00. The number of hydrogen-bond donors (Lipinski definition) is 1. The van der Waals surface area contributed by atoms with Gasteiger partial charge in [-0.15, -0.1) is 0 Å². The molecule has 0 aliphatic carbocycles. The molecule has 1 N–H and O–H groups in total. The molecule has 0 saturated carbocycles. The van der Waals surface area contributed by atoms with Crippen molar-refractivity contribution in [3.05, 3.63) is 47.0 Å². The fourth-order valence-electron chi connectivity index (χ4n) is 3.80. The molecular formula is C23H28N2O5. The molecule has 160 valence electrons. The third-order valence-corrected chi connectivity index (χ3v) is 5.25.